The summed E-state index contributed by atoms with van der Waals surface area (Å²) in [6.07, 6.45) is 6.92. The fourth-order valence-electron chi connectivity index (χ4n) is 2.67. The first-order chi connectivity index (χ1) is 13.2. The maximum atomic E-state index is 12.4. The summed E-state index contributed by atoms with van der Waals surface area (Å²) in [5.74, 6) is -3.08. The van der Waals surface area contributed by atoms with Gasteiger partial charge in [0.25, 0.3) is 5.91 Å². The van der Waals surface area contributed by atoms with E-state index in [1.807, 2.05) is 0 Å². The van der Waals surface area contributed by atoms with Gasteiger partial charge in [-0.3, -0.25) is 9.59 Å². The minimum absolute atomic E-state index is 0.160. The lowest BCUT2D eigenvalue weighted by Gasteiger charge is -2.19. The summed E-state index contributed by atoms with van der Waals surface area (Å²) in [6, 6.07) is -1.54. The van der Waals surface area contributed by atoms with Crippen LogP contribution in [0.1, 0.15) is 85.0 Å². The van der Waals surface area contributed by atoms with E-state index in [1.165, 1.54) is 26.2 Å². The van der Waals surface area contributed by atoms with Crippen LogP contribution >= 0.6 is 0 Å². The Bertz CT molecular complexity index is 531. The SMILES string of the molecule is CCCCCCCCCC(=O)N/C(C(=O)NC(C(=O)O)C(C)O)=C(/O)CCC. The highest BCUT2D eigenvalue weighted by molar-refractivity contribution is 5.99. The number of aliphatic hydroxyl groups excluding tert-OH is 2. The molecule has 5 N–H and O–H groups in total. The highest BCUT2D eigenvalue weighted by Crippen LogP contribution is 2.10. The van der Waals surface area contributed by atoms with Gasteiger partial charge in [0.2, 0.25) is 5.91 Å². The van der Waals surface area contributed by atoms with E-state index in [-0.39, 0.29) is 24.3 Å². The first kappa shape index (κ1) is 25.9. The van der Waals surface area contributed by atoms with Crippen molar-refractivity contribution in [1.29, 1.82) is 0 Å². The van der Waals surface area contributed by atoms with Crippen LogP contribution in [0.5, 0.6) is 0 Å². The Morgan fingerprint density at radius 1 is 0.857 bits per heavy atom. The van der Waals surface area contributed by atoms with E-state index in [1.54, 1.807) is 6.92 Å². The van der Waals surface area contributed by atoms with Gasteiger partial charge in [0.15, 0.2) is 6.04 Å². The van der Waals surface area contributed by atoms with Gasteiger partial charge >= 0.3 is 5.97 Å². The number of rotatable bonds is 15. The Morgan fingerprint density at radius 2 is 1.43 bits per heavy atom. The number of carboxylic acids is 1. The molecule has 0 spiro atoms. The van der Waals surface area contributed by atoms with Crippen LogP contribution < -0.4 is 10.6 Å². The minimum Gasteiger partial charge on any atom is -0.510 e. The quantitative estimate of drug-likeness (QED) is 0.163. The fourth-order valence-corrected chi connectivity index (χ4v) is 2.67. The van der Waals surface area contributed by atoms with Gasteiger partial charge in [0.05, 0.1) is 6.10 Å². The molecule has 8 nitrogen and oxygen atoms in total. The topological polar surface area (TPSA) is 136 Å². The molecule has 0 aromatic heterocycles. The van der Waals surface area contributed by atoms with Crippen molar-refractivity contribution in [3.05, 3.63) is 11.5 Å². The number of aliphatic hydroxyl groups is 2. The molecule has 162 valence electrons. The predicted molar refractivity (Wildman–Crippen MR) is 107 cm³/mol. The maximum absolute atomic E-state index is 12.4. The van der Waals surface area contributed by atoms with Crippen molar-refractivity contribution in [3.8, 4) is 0 Å². The van der Waals surface area contributed by atoms with Crippen molar-refractivity contribution < 1.29 is 29.7 Å². The van der Waals surface area contributed by atoms with Gasteiger partial charge in [0, 0.05) is 12.8 Å². The van der Waals surface area contributed by atoms with Crippen molar-refractivity contribution in [1.82, 2.24) is 10.6 Å². The Kier molecular flexibility index (Phi) is 13.8. The zero-order chi connectivity index (χ0) is 21.5. The second-order valence-electron chi connectivity index (χ2n) is 7.02. The molecular formula is C20H36N2O6. The van der Waals surface area contributed by atoms with Gasteiger partial charge in [-0.25, -0.2) is 4.79 Å². The number of carbonyl (C=O) groups is 3. The average molecular weight is 401 g/mol. The molecule has 0 heterocycles. The Morgan fingerprint density at radius 3 is 1.93 bits per heavy atom. The summed E-state index contributed by atoms with van der Waals surface area (Å²) in [7, 11) is 0. The minimum atomic E-state index is -1.54. The first-order valence-corrected chi connectivity index (χ1v) is 10.2. The molecule has 2 amide bonds. The van der Waals surface area contributed by atoms with Gasteiger partial charge in [0.1, 0.15) is 11.5 Å². The second-order valence-corrected chi connectivity index (χ2v) is 7.02. The summed E-state index contributed by atoms with van der Waals surface area (Å²) in [5.41, 5.74) is -0.360. The fraction of sp³-hybridized carbons (Fsp3) is 0.750. The average Bonchev–Trinajstić information content (AvgIpc) is 2.62. The number of amides is 2. The molecule has 2 unspecified atom stereocenters. The summed E-state index contributed by atoms with van der Waals surface area (Å²) in [6.45, 7) is 5.18. The molecule has 0 aromatic rings. The molecule has 0 aromatic carbocycles. The molecule has 0 rings (SSSR count). The molecule has 0 aliphatic heterocycles. The van der Waals surface area contributed by atoms with Gasteiger partial charge in [-0.05, 0) is 19.8 Å². The summed E-state index contributed by atoms with van der Waals surface area (Å²) >= 11 is 0. The molecule has 28 heavy (non-hydrogen) atoms. The van der Waals surface area contributed by atoms with E-state index in [9.17, 15) is 24.6 Å². The van der Waals surface area contributed by atoms with E-state index in [2.05, 4.69) is 17.6 Å². The largest absolute Gasteiger partial charge is 0.510 e. The van der Waals surface area contributed by atoms with E-state index >= 15 is 0 Å². The van der Waals surface area contributed by atoms with Crippen molar-refractivity contribution in [2.24, 2.45) is 0 Å². The molecule has 0 fully saturated rings. The van der Waals surface area contributed by atoms with Crippen molar-refractivity contribution in [2.45, 2.75) is 97.1 Å². The summed E-state index contributed by atoms with van der Waals surface area (Å²) < 4.78 is 0. The Labute approximate surface area is 167 Å². The third kappa shape index (κ3) is 10.9. The number of carboxylic acid groups (broad SMARTS) is 1. The van der Waals surface area contributed by atoms with E-state index < -0.39 is 29.9 Å². The lowest BCUT2D eigenvalue weighted by atomic mass is 10.1. The number of allylic oxidation sites excluding steroid dienone is 1. The molecule has 0 aliphatic carbocycles. The predicted octanol–water partition coefficient (Wildman–Crippen LogP) is 2.76. The molecular weight excluding hydrogens is 364 g/mol. The highest BCUT2D eigenvalue weighted by Gasteiger charge is 2.28. The molecule has 8 heteroatoms. The lowest BCUT2D eigenvalue weighted by molar-refractivity contribution is -0.144. The number of hydrogen-bond donors (Lipinski definition) is 5. The molecule has 0 radical (unpaired) electrons. The summed E-state index contributed by atoms with van der Waals surface area (Å²) in [5, 5.41) is 33.2. The van der Waals surface area contributed by atoms with Crippen LogP contribution in [-0.4, -0.2) is 45.2 Å². The Hall–Kier alpha value is -2.09. The smallest absolute Gasteiger partial charge is 0.328 e. The number of aliphatic carboxylic acids is 1. The van der Waals surface area contributed by atoms with Gasteiger partial charge < -0.3 is 26.0 Å². The normalized spacial score (nSPS) is 14.0. The van der Waals surface area contributed by atoms with Crippen LogP contribution in [0.15, 0.2) is 11.5 Å². The van der Waals surface area contributed by atoms with Crippen LogP contribution in [0, 0.1) is 0 Å². The van der Waals surface area contributed by atoms with Crippen LogP contribution in [0.2, 0.25) is 0 Å². The van der Waals surface area contributed by atoms with Crippen LogP contribution in [-0.2, 0) is 14.4 Å². The van der Waals surface area contributed by atoms with Crippen LogP contribution in [0.4, 0.5) is 0 Å². The molecule has 0 saturated carbocycles. The zero-order valence-electron chi connectivity index (χ0n) is 17.3. The van der Waals surface area contributed by atoms with Crippen LogP contribution in [0.3, 0.4) is 0 Å². The molecule has 0 bridgehead atoms. The number of unbranched alkanes of at least 4 members (excludes halogenated alkanes) is 6. The lowest BCUT2D eigenvalue weighted by Crippen LogP contribution is -2.50. The highest BCUT2D eigenvalue weighted by atomic mass is 16.4. The molecule has 0 aliphatic rings. The Balaban J connectivity index is 4.77. The molecule has 2 atom stereocenters. The summed E-state index contributed by atoms with van der Waals surface area (Å²) in [4.78, 5) is 35.7. The maximum Gasteiger partial charge on any atom is 0.328 e. The van der Waals surface area contributed by atoms with Crippen LogP contribution in [0.25, 0.3) is 0 Å². The number of hydrogen-bond acceptors (Lipinski definition) is 5. The van der Waals surface area contributed by atoms with Crippen molar-refractivity contribution >= 4 is 17.8 Å². The van der Waals surface area contributed by atoms with Gasteiger partial charge in [-0.1, -0.05) is 52.4 Å². The second kappa shape index (κ2) is 14.9. The first-order valence-electron chi connectivity index (χ1n) is 10.2. The standard InChI is InChI=1S/C20H36N2O6/c1-4-6-7-8-9-10-11-13-16(25)21-18(15(24)12-5-2)19(26)22-17(14(3)23)20(27)28/h14,17,23-24H,4-13H2,1-3H3,(H,21,25)(H,22,26)(H,27,28)/b18-15+. The van der Waals surface area contributed by atoms with Gasteiger partial charge in [-0.2, -0.15) is 0 Å². The number of carbonyl (C=O) groups excluding carboxylic acids is 2. The van der Waals surface area contributed by atoms with Gasteiger partial charge in [-0.15, -0.1) is 0 Å². The van der Waals surface area contributed by atoms with Crippen molar-refractivity contribution in [3.63, 3.8) is 0 Å². The zero-order valence-corrected chi connectivity index (χ0v) is 17.3. The van der Waals surface area contributed by atoms with E-state index in [0.717, 1.165) is 19.3 Å². The third-order valence-electron chi connectivity index (χ3n) is 4.31. The van der Waals surface area contributed by atoms with E-state index in [0.29, 0.717) is 12.8 Å². The number of nitrogens with one attached hydrogen (secondary N) is 2. The third-order valence-corrected chi connectivity index (χ3v) is 4.31. The molecule has 0 saturated heterocycles. The van der Waals surface area contributed by atoms with E-state index in [4.69, 9.17) is 5.11 Å². The monoisotopic (exact) mass is 400 g/mol. The van der Waals surface area contributed by atoms with Crippen molar-refractivity contribution in [2.75, 3.05) is 0 Å².